The minimum Gasteiger partial charge on any atom is -0.491 e. The maximum absolute atomic E-state index is 13.1. The summed E-state index contributed by atoms with van der Waals surface area (Å²) in [5.41, 5.74) is 0.320. The predicted octanol–water partition coefficient (Wildman–Crippen LogP) is 3.43. The second-order valence-electron chi connectivity index (χ2n) is 8.89. The highest BCUT2D eigenvalue weighted by atomic mass is 35.5. The quantitative estimate of drug-likeness (QED) is 0.645. The van der Waals surface area contributed by atoms with Crippen LogP contribution in [0.1, 0.15) is 37.0 Å². The van der Waals surface area contributed by atoms with Crippen molar-refractivity contribution in [2.24, 2.45) is 5.92 Å². The Hall–Kier alpha value is -3.33. The molecule has 8 nitrogen and oxygen atoms in total. The van der Waals surface area contributed by atoms with Crippen molar-refractivity contribution in [3.05, 3.63) is 58.9 Å². The Morgan fingerprint density at radius 1 is 1.19 bits per heavy atom. The molecule has 1 aliphatic heterocycles. The first-order valence-electron chi connectivity index (χ1n) is 11.9. The molecule has 3 rings (SSSR count). The lowest BCUT2D eigenvalue weighted by molar-refractivity contribution is -0.138. The lowest BCUT2D eigenvalue weighted by atomic mass is 10.1. The molecule has 10 heteroatoms. The van der Waals surface area contributed by atoms with Crippen molar-refractivity contribution < 1.29 is 28.2 Å². The van der Waals surface area contributed by atoms with Gasteiger partial charge in [-0.05, 0) is 61.2 Å². The van der Waals surface area contributed by atoms with Crippen molar-refractivity contribution in [1.82, 2.24) is 15.5 Å². The van der Waals surface area contributed by atoms with Crippen molar-refractivity contribution >= 4 is 29.3 Å². The number of carbonyl (C=O) groups is 3. The summed E-state index contributed by atoms with van der Waals surface area (Å²) in [6, 6.07) is 9.82. The van der Waals surface area contributed by atoms with E-state index in [0.717, 1.165) is 0 Å². The van der Waals surface area contributed by atoms with E-state index in [4.69, 9.17) is 21.1 Å². The molecule has 36 heavy (non-hydrogen) atoms. The summed E-state index contributed by atoms with van der Waals surface area (Å²) in [7, 11) is 0. The normalized spacial score (nSPS) is 17.7. The standard InChI is InChI=1S/C26H31ClFN3O5/c1-17(2)22-15-36-23-10-5-18(27)13-21(23)26(34)29-11-3-4-12-31(14-24(32)30-22)25(33)16-35-20-8-6-19(28)7-9-20/h5-10,13,17,22H,3-4,11-12,14-16H2,1-2H3,(H,29,34)(H,30,32)/t22-/m0/s1. The fourth-order valence-corrected chi connectivity index (χ4v) is 3.77. The molecule has 0 saturated carbocycles. The molecule has 194 valence electrons. The van der Waals surface area contributed by atoms with Crippen molar-refractivity contribution in [3.63, 3.8) is 0 Å². The van der Waals surface area contributed by atoms with Gasteiger partial charge in [-0.25, -0.2) is 4.39 Å². The van der Waals surface area contributed by atoms with E-state index in [1.807, 2.05) is 13.8 Å². The van der Waals surface area contributed by atoms with Crippen LogP contribution in [-0.2, 0) is 9.59 Å². The molecule has 3 amide bonds. The molecule has 1 heterocycles. The molecule has 0 bridgehead atoms. The summed E-state index contributed by atoms with van der Waals surface area (Å²) < 4.78 is 24.5. The van der Waals surface area contributed by atoms with Gasteiger partial charge >= 0.3 is 0 Å². The van der Waals surface area contributed by atoms with E-state index in [2.05, 4.69) is 10.6 Å². The summed E-state index contributed by atoms with van der Waals surface area (Å²) in [6.45, 7) is 4.26. The highest BCUT2D eigenvalue weighted by molar-refractivity contribution is 6.31. The second-order valence-corrected chi connectivity index (χ2v) is 9.33. The Kier molecular flexibility index (Phi) is 9.93. The van der Waals surface area contributed by atoms with E-state index in [0.29, 0.717) is 48.0 Å². The number of benzene rings is 2. The number of halogens is 2. The van der Waals surface area contributed by atoms with Crippen LogP contribution < -0.4 is 20.1 Å². The monoisotopic (exact) mass is 519 g/mol. The summed E-state index contributed by atoms with van der Waals surface area (Å²) >= 11 is 6.10. The Labute approximate surface area is 215 Å². The van der Waals surface area contributed by atoms with E-state index >= 15 is 0 Å². The first kappa shape index (κ1) is 27.3. The maximum atomic E-state index is 13.1. The van der Waals surface area contributed by atoms with Crippen LogP contribution in [0.5, 0.6) is 11.5 Å². The fraction of sp³-hybridized carbons (Fsp3) is 0.423. The Morgan fingerprint density at radius 2 is 1.94 bits per heavy atom. The number of carbonyl (C=O) groups excluding carboxylic acids is 3. The molecule has 0 aliphatic carbocycles. The number of nitrogens with zero attached hydrogens (tertiary/aromatic N) is 1. The number of hydrogen-bond acceptors (Lipinski definition) is 5. The number of amides is 3. The third kappa shape index (κ3) is 8.12. The first-order chi connectivity index (χ1) is 17.2. The van der Waals surface area contributed by atoms with E-state index in [-0.39, 0.29) is 49.4 Å². The van der Waals surface area contributed by atoms with Crippen LogP contribution in [-0.4, -0.2) is 61.5 Å². The number of hydrogen-bond donors (Lipinski definition) is 2. The van der Waals surface area contributed by atoms with Gasteiger partial charge in [-0.1, -0.05) is 25.4 Å². The molecule has 1 aliphatic rings. The zero-order valence-corrected chi connectivity index (χ0v) is 21.1. The Bertz CT molecular complexity index is 1060. The highest BCUT2D eigenvalue weighted by Gasteiger charge is 2.23. The number of fused-ring (bicyclic) bond motifs is 1. The van der Waals surface area contributed by atoms with E-state index in [9.17, 15) is 18.8 Å². The zero-order valence-electron chi connectivity index (χ0n) is 20.4. The van der Waals surface area contributed by atoms with Gasteiger partial charge in [0.25, 0.3) is 11.8 Å². The predicted molar refractivity (Wildman–Crippen MR) is 134 cm³/mol. The number of rotatable bonds is 4. The van der Waals surface area contributed by atoms with Crippen LogP contribution >= 0.6 is 11.6 Å². The summed E-state index contributed by atoms with van der Waals surface area (Å²) in [5, 5.41) is 6.21. The molecular formula is C26H31ClFN3O5. The SMILES string of the molecule is CC(C)[C@@H]1COc2ccc(Cl)cc2C(=O)NCCCCN(C(=O)COc2ccc(F)cc2)CC(=O)N1. The van der Waals surface area contributed by atoms with Crippen molar-refractivity contribution in [2.75, 3.05) is 32.8 Å². The molecular weight excluding hydrogens is 489 g/mol. The molecule has 2 aromatic carbocycles. The van der Waals surface area contributed by atoms with Gasteiger partial charge in [0.05, 0.1) is 18.2 Å². The van der Waals surface area contributed by atoms with E-state index in [1.54, 1.807) is 18.2 Å². The lowest BCUT2D eigenvalue weighted by Gasteiger charge is -2.26. The van der Waals surface area contributed by atoms with Gasteiger partial charge in [0.2, 0.25) is 5.91 Å². The van der Waals surface area contributed by atoms with Gasteiger partial charge in [0.15, 0.2) is 6.61 Å². The number of nitrogens with one attached hydrogen (secondary N) is 2. The Morgan fingerprint density at radius 3 is 2.67 bits per heavy atom. The van der Waals surface area contributed by atoms with Crippen molar-refractivity contribution in [2.45, 2.75) is 32.7 Å². The minimum atomic E-state index is -0.405. The average Bonchev–Trinajstić information content (AvgIpc) is 2.85. The van der Waals surface area contributed by atoms with Crippen LogP contribution in [0.2, 0.25) is 5.02 Å². The van der Waals surface area contributed by atoms with Crippen LogP contribution in [0, 0.1) is 11.7 Å². The molecule has 0 radical (unpaired) electrons. The van der Waals surface area contributed by atoms with Gasteiger partial charge in [-0.15, -0.1) is 0 Å². The van der Waals surface area contributed by atoms with Gasteiger partial charge in [0.1, 0.15) is 23.9 Å². The first-order valence-corrected chi connectivity index (χ1v) is 12.3. The fourth-order valence-electron chi connectivity index (χ4n) is 3.60. The van der Waals surface area contributed by atoms with Crippen LogP contribution in [0.4, 0.5) is 4.39 Å². The van der Waals surface area contributed by atoms with E-state index < -0.39 is 5.82 Å². The molecule has 2 N–H and O–H groups in total. The molecule has 0 aromatic heterocycles. The minimum absolute atomic E-state index is 0.0279. The third-order valence-electron chi connectivity index (χ3n) is 5.76. The molecule has 0 saturated heterocycles. The lowest BCUT2D eigenvalue weighted by Crippen LogP contribution is -2.49. The molecule has 2 aromatic rings. The summed E-state index contributed by atoms with van der Waals surface area (Å²) in [5.74, 6) is -0.658. The molecule has 0 fully saturated rings. The average molecular weight is 520 g/mol. The van der Waals surface area contributed by atoms with Gasteiger partial charge in [0, 0.05) is 18.1 Å². The van der Waals surface area contributed by atoms with Crippen LogP contribution in [0.3, 0.4) is 0 Å². The third-order valence-corrected chi connectivity index (χ3v) is 5.99. The van der Waals surface area contributed by atoms with Crippen molar-refractivity contribution in [3.8, 4) is 11.5 Å². The largest absolute Gasteiger partial charge is 0.491 e. The van der Waals surface area contributed by atoms with Crippen molar-refractivity contribution in [1.29, 1.82) is 0 Å². The van der Waals surface area contributed by atoms with Crippen LogP contribution in [0.25, 0.3) is 0 Å². The smallest absolute Gasteiger partial charge is 0.260 e. The second kappa shape index (κ2) is 13.1. The Balaban J connectivity index is 1.72. The maximum Gasteiger partial charge on any atom is 0.260 e. The number of ether oxygens (including phenoxy) is 2. The molecule has 1 atom stereocenters. The van der Waals surface area contributed by atoms with Gasteiger partial charge in [-0.2, -0.15) is 0 Å². The highest BCUT2D eigenvalue weighted by Crippen LogP contribution is 2.24. The summed E-state index contributed by atoms with van der Waals surface area (Å²) in [4.78, 5) is 39.9. The molecule has 0 spiro atoms. The zero-order chi connectivity index (χ0) is 26.1. The molecule has 0 unspecified atom stereocenters. The van der Waals surface area contributed by atoms with Gasteiger partial charge in [-0.3, -0.25) is 14.4 Å². The topological polar surface area (TPSA) is 97.0 Å². The van der Waals surface area contributed by atoms with Gasteiger partial charge < -0.3 is 25.0 Å². The van der Waals surface area contributed by atoms with E-state index in [1.165, 1.54) is 29.2 Å². The van der Waals surface area contributed by atoms with Crippen LogP contribution in [0.15, 0.2) is 42.5 Å². The summed E-state index contributed by atoms with van der Waals surface area (Å²) in [6.07, 6.45) is 1.14.